The van der Waals surface area contributed by atoms with Crippen molar-refractivity contribution in [2.75, 3.05) is 0 Å². The number of carboxylic acids is 1. The van der Waals surface area contributed by atoms with Gasteiger partial charge in [-0.3, -0.25) is 4.79 Å². The molecule has 0 aliphatic heterocycles. The maximum Gasteiger partial charge on any atom is 0.345 e. The quantitative estimate of drug-likeness (QED) is 0.877. The van der Waals surface area contributed by atoms with Gasteiger partial charge in [0.2, 0.25) is 0 Å². The Morgan fingerprint density at radius 1 is 1.13 bits per heavy atom. The number of benzene rings is 1. The molecule has 1 heterocycles. The summed E-state index contributed by atoms with van der Waals surface area (Å²) in [6.07, 6.45) is 0. The van der Waals surface area contributed by atoms with Gasteiger partial charge in [0, 0.05) is 10.4 Å². The lowest BCUT2D eigenvalue weighted by atomic mass is 10.1. The van der Waals surface area contributed by atoms with Gasteiger partial charge in [0.05, 0.1) is 6.54 Å². The van der Waals surface area contributed by atoms with Crippen LogP contribution in [0.25, 0.3) is 0 Å². The number of carbonyl (C=O) groups is 2. The van der Waals surface area contributed by atoms with Gasteiger partial charge in [-0.2, -0.15) is 0 Å². The van der Waals surface area contributed by atoms with Crippen molar-refractivity contribution in [3.05, 3.63) is 51.7 Å². The van der Waals surface area contributed by atoms with E-state index in [0.29, 0.717) is 17.9 Å². The monoisotopic (exact) mass is 333 g/mol. The Hall–Kier alpha value is -2.34. The van der Waals surface area contributed by atoms with Crippen LogP contribution in [-0.2, 0) is 6.54 Å². The molecule has 0 aliphatic rings. The molecule has 0 unspecified atom stereocenters. The highest BCUT2D eigenvalue weighted by Gasteiger charge is 2.13. The minimum atomic E-state index is -0.956. The molecule has 0 bridgehead atoms. The number of thiophene rings is 1. The molecule has 0 saturated carbocycles. The van der Waals surface area contributed by atoms with Gasteiger partial charge in [-0.05, 0) is 57.2 Å². The molecular formula is C17H19NO4S. The van der Waals surface area contributed by atoms with Crippen molar-refractivity contribution < 1.29 is 19.4 Å². The summed E-state index contributed by atoms with van der Waals surface area (Å²) in [5.41, 5.74) is 0.242. The zero-order valence-corrected chi connectivity index (χ0v) is 14.1. The first kappa shape index (κ1) is 17.0. The van der Waals surface area contributed by atoms with Crippen LogP contribution >= 0.6 is 11.3 Å². The van der Waals surface area contributed by atoms with E-state index in [0.717, 1.165) is 16.2 Å². The zero-order chi connectivity index (χ0) is 17.0. The van der Waals surface area contributed by atoms with Gasteiger partial charge in [0.15, 0.2) is 0 Å². The Labute approximate surface area is 138 Å². The summed E-state index contributed by atoms with van der Waals surface area (Å²) >= 11 is 1.15. The van der Waals surface area contributed by atoms with Crippen LogP contribution in [0.2, 0.25) is 0 Å². The predicted molar refractivity (Wildman–Crippen MR) is 89.3 cm³/mol. The molecule has 1 amide bonds. The van der Waals surface area contributed by atoms with E-state index in [1.54, 1.807) is 30.3 Å². The van der Waals surface area contributed by atoms with Crippen LogP contribution in [0.1, 0.15) is 45.7 Å². The number of hydrogen-bond acceptors (Lipinski definition) is 4. The van der Waals surface area contributed by atoms with Crippen LogP contribution in [0.5, 0.6) is 5.75 Å². The molecule has 6 heteroatoms. The molecule has 1 aromatic heterocycles. The van der Waals surface area contributed by atoms with Crippen LogP contribution in [-0.4, -0.2) is 22.6 Å². The number of aromatic carboxylic acids is 1. The summed E-state index contributed by atoms with van der Waals surface area (Å²) in [6.45, 7) is 6.18. The van der Waals surface area contributed by atoms with Crippen molar-refractivity contribution in [2.45, 2.75) is 32.9 Å². The molecule has 2 rings (SSSR count). The van der Waals surface area contributed by atoms with Crippen molar-refractivity contribution in [3.8, 4) is 5.75 Å². The number of ether oxygens (including phenoxy) is 1. The Bertz CT molecular complexity index is 698. The lowest BCUT2D eigenvalue weighted by molar-refractivity contribution is 0.0701. The topological polar surface area (TPSA) is 75.6 Å². The zero-order valence-electron chi connectivity index (χ0n) is 13.3. The predicted octanol–water partition coefficient (Wildman–Crippen LogP) is 3.55. The van der Waals surface area contributed by atoms with Crippen molar-refractivity contribution >= 4 is 23.2 Å². The van der Waals surface area contributed by atoms with Gasteiger partial charge in [-0.25, -0.2) is 4.79 Å². The van der Waals surface area contributed by atoms with E-state index in [9.17, 15) is 9.59 Å². The summed E-state index contributed by atoms with van der Waals surface area (Å²) in [5.74, 6) is -0.460. The number of nitrogens with one attached hydrogen (secondary N) is 1. The van der Waals surface area contributed by atoms with Crippen LogP contribution in [0.3, 0.4) is 0 Å². The largest absolute Gasteiger partial charge is 0.488 e. The van der Waals surface area contributed by atoms with E-state index >= 15 is 0 Å². The molecule has 0 atom stereocenters. The van der Waals surface area contributed by atoms with Gasteiger partial charge in [-0.1, -0.05) is 0 Å². The normalized spacial score (nSPS) is 11.1. The second-order valence-corrected chi connectivity index (χ2v) is 7.16. The smallest absolute Gasteiger partial charge is 0.345 e. The summed E-state index contributed by atoms with van der Waals surface area (Å²) in [4.78, 5) is 24.0. The maximum atomic E-state index is 12.1. The van der Waals surface area contributed by atoms with Crippen LogP contribution < -0.4 is 10.1 Å². The molecule has 122 valence electrons. The molecule has 0 radical (unpaired) electrons. The molecule has 0 spiro atoms. The number of hydrogen-bond donors (Lipinski definition) is 2. The fraction of sp³-hybridized carbons (Fsp3) is 0.294. The summed E-state index contributed by atoms with van der Waals surface area (Å²) < 4.78 is 5.71. The third-order valence-corrected chi connectivity index (χ3v) is 3.91. The van der Waals surface area contributed by atoms with E-state index in [4.69, 9.17) is 9.84 Å². The summed E-state index contributed by atoms with van der Waals surface area (Å²) in [5, 5.41) is 11.6. The average molecular weight is 333 g/mol. The molecule has 0 aliphatic carbocycles. The third-order valence-electron chi connectivity index (χ3n) is 2.84. The van der Waals surface area contributed by atoms with Crippen LogP contribution in [0, 0.1) is 0 Å². The first-order valence-electron chi connectivity index (χ1n) is 7.14. The maximum absolute atomic E-state index is 12.1. The van der Waals surface area contributed by atoms with Gasteiger partial charge >= 0.3 is 5.97 Å². The highest BCUT2D eigenvalue weighted by Crippen LogP contribution is 2.19. The SMILES string of the molecule is CC(C)(C)Oc1ccc(C(=O)NCc2ccc(C(=O)O)s2)cc1. The third kappa shape index (κ3) is 5.10. The number of amides is 1. The summed E-state index contributed by atoms with van der Waals surface area (Å²) in [7, 11) is 0. The highest BCUT2D eigenvalue weighted by molar-refractivity contribution is 7.13. The van der Waals surface area contributed by atoms with Gasteiger partial charge in [-0.15, -0.1) is 11.3 Å². The number of rotatable bonds is 5. The molecule has 5 nitrogen and oxygen atoms in total. The fourth-order valence-corrected chi connectivity index (χ4v) is 2.67. The molecule has 0 saturated heterocycles. The Morgan fingerprint density at radius 3 is 2.30 bits per heavy atom. The Morgan fingerprint density at radius 2 is 1.78 bits per heavy atom. The second kappa shape index (κ2) is 6.83. The van der Waals surface area contributed by atoms with Gasteiger partial charge in [0.1, 0.15) is 16.2 Å². The van der Waals surface area contributed by atoms with Crippen molar-refractivity contribution in [1.29, 1.82) is 0 Å². The van der Waals surface area contributed by atoms with Gasteiger partial charge < -0.3 is 15.2 Å². The minimum Gasteiger partial charge on any atom is -0.488 e. The van der Waals surface area contributed by atoms with Gasteiger partial charge in [0.25, 0.3) is 5.91 Å². The minimum absolute atomic E-state index is 0.211. The van der Waals surface area contributed by atoms with E-state index in [1.165, 1.54) is 6.07 Å². The summed E-state index contributed by atoms with van der Waals surface area (Å²) in [6, 6.07) is 10.2. The lowest BCUT2D eigenvalue weighted by Gasteiger charge is -2.21. The second-order valence-electron chi connectivity index (χ2n) is 5.99. The first-order chi connectivity index (χ1) is 10.7. The molecule has 23 heavy (non-hydrogen) atoms. The molecule has 1 aromatic carbocycles. The number of carboxylic acid groups (broad SMARTS) is 1. The highest BCUT2D eigenvalue weighted by atomic mass is 32.1. The Balaban J connectivity index is 1.93. The Kier molecular flexibility index (Phi) is 5.05. The van der Waals surface area contributed by atoms with E-state index in [2.05, 4.69) is 5.32 Å². The van der Waals surface area contributed by atoms with E-state index < -0.39 is 5.97 Å². The van der Waals surface area contributed by atoms with Crippen LogP contribution in [0.15, 0.2) is 36.4 Å². The fourth-order valence-electron chi connectivity index (χ4n) is 1.89. The average Bonchev–Trinajstić information content (AvgIpc) is 2.93. The van der Waals surface area contributed by atoms with E-state index in [-0.39, 0.29) is 16.4 Å². The van der Waals surface area contributed by atoms with Crippen LogP contribution in [0.4, 0.5) is 0 Å². The van der Waals surface area contributed by atoms with Crippen molar-refractivity contribution in [3.63, 3.8) is 0 Å². The molecular weight excluding hydrogens is 314 g/mol. The van der Waals surface area contributed by atoms with E-state index in [1.807, 2.05) is 20.8 Å². The lowest BCUT2D eigenvalue weighted by Crippen LogP contribution is -2.23. The molecule has 2 aromatic rings. The molecule has 2 N–H and O–H groups in total. The first-order valence-corrected chi connectivity index (χ1v) is 7.95. The van der Waals surface area contributed by atoms with Crippen molar-refractivity contribution in [1.82, 2.24) is 5.32 Å². The van der Waals surface area contributed by atoms with Crippen molar-refractivity contribution in [2.24, 2.45) is 0 Å². The molecule has 0 fully saturated rings. The standard InChI is InChI=1S/C17H19NO4S/c1-17(2,3)22-12-6-4-11(5-7-12)15(19)18-10-13-8-9-14(23-13)16(20)21/h4-9H,10H2,1-3H3,(H,18,19)(H,20,21). The number of carbonyl (C=O) groups excluding carboxylic acids is 1.